The van der Waals surface area contributed by atoms with Gasteiger partial charge in [-0.25, -0.2) is 9.97 Å². The van der Waals surface area contributed by atoms with Gasteiger partial charge in [0, 0.05) is 23.7 Å². The molecule has 0 atom stereocenters. The Morgan fingerprint density at radius 1 is 1.44 bits per heavy atom. The van der Waals surface area contributed by atoms with E-state index in [9.17, 15) is 14.9 Å². The number of nitro groups is 1. The van der Waals surface area contributed by atoms with E-state index < -0.39 is 10.8 Å². The highest BCUT2D eigenvalue weighted by atomic mass is 16.6. The van der Waals surface area contributed by atoms with E-state index >= 15 is 0 Å². The molecule has 1 aromatic heterocycles. The van der Waals surface area contributed by atoms with E-state index in [0.29, 0.717) is 10.9 Å². The minimum atomic E-state index is -0.757. The number of hydrogen-bond donors (Lipinski definition) is 1. The van der Waals surface area contributed by atoms with Gasteiger partial charge in [0.25, 0.3) is 11.6 Å². The van der Waals surface area contributed by atoms with Gasteiger partial charge < -0.3 is 5.73 Å². The molecule has 0 saturated heterocycles. The first-order valence-corrected chi connectivity index (χ1v) is 4.27. The third kappa shape index (κ3) is 1.54. The lowest BCUT2D eigenvalue weighted by atomic mass is 10.1. The summed E-state index contributed by atoms with van der Waals surface area (Å²) in [5.41, 5.74) is 5.25. The smallest absolute Gasteiger partial charge is 0.271 e. The summed E-state index contributed by atoms with van der Waals surface area (Å²) < 4.78 is 0. The standard InChI is InChI=1S/C9H6N4O3/c10-9(14)7-2-6(13(15)16)1-5-3-11-4-12-8(5)7/h1-4H,(H2,10,14). The number of non-ortho nitro benzene ring substituents is 1. The summed E-state index contributed by atoms with van der Waals surface area (Å²) in [4.78, 5) is 28.8. The van der Waals surface area contributed by atoms with Crippen LogP contribution in [0.15, 0.2) is 24.7 Å². The van der Waals surface area contributed by atoms with Crippen molar-refractivity contribution in [2.75, 3.05) is 0 Å². The topological polar surface area (TPSA) is 112 Å². The zero-order valence-corrected chi connectivity index (χ0v) is 7.95. The largest absolute Gasteiger partial charge is 0.366 e. The molecule has 16 heavy (non-hydrogen) atoms. The van der Waals surface area contributed by atoms with Crippen LogP contribution in [0.25, 0.3) is 10.9 Å². The number of nitrogens with two attached hydrogens (primary N) is 1. The van der Waals surface area contributed by atoms with Crippen LogP contribution in [0, 0.1) is 10.1 Å². The number of hydrogen-bond acceptors (Lipinski definition) is 5. The van der Waals surface area contributed by atoms with Crippen molar-refractivity contribution >= 4 is 22.5 Å². The monoisotopic (exact) mass is 218 g/mol. The van der Waals surface area contributed by atoms with Crippen molar-refractivity contribution in [3.05, 3.63) is 40.3 Å². The lowest BCUT2D eigenvalue weighted by Crippen LogP contribution is -2.12. The first kappa shape index (κ1) is 9.97. The molecule has 7 nitrogen and oxygen atoms in total. The van der Waals surface area contributed by atoms with Crippen molar-refractivity contribution in [2.24, 2.45) is 5.73 Å². The normalized spacial score (nSPS) is 10.2. The number of benzene rings is 1. The van der Waals surface area contributed by atoms with Crippen LogP contribution in [0.3, 0.4) is 0 Å². The third-order valence-corrected chi connectivity index (χ3v) is 2.07. The maximum Gasteiger partial charge on any atom is 0.271 e. The molecule has 2 N–H and O–H groups in total. The first-order chi connectivity index (χ1) is 7.59. The van der Waals surface area contributed by atoms with Crippen molar-refractivity contribution in [1.29, 1.82) is 0 Å². The second kappa shape index (κ2) is 3.54. The second-order valence-electron chi connectivity index (χ2n) is 3.08. The summed E-state index contributed by atoms with van der Waals surface area (Å²) >= 11 is 0. The summed E-state index contributed by atoms with van der Waals surface area (Å²) in [6.45, 7) is 0. The minimum Gasteiger partial charge on any atom is -0.366 e. The van der Waals surface area contributed by atoms with E-state index in [1.165, 1.54) is 18.6 Å². The molecule has 80 valence electrons. The van der Waals surface area contributed by atoms with E-state index in [1.54, 1.807) is 0 Å². The van der Waals surface area contributed by atoms with Crippen LogP contribution in [0.5, 0.6) is 0 Å². The van der Waals surface area contributed by atoms with Gasteiger partial charge in [0.2, 0.25) is 0 Å². The summed E-state index contributed by atoms with van der Waals surface area (Å²) in [6.07, 6.45) is 2.64. The number of aromatic nitrogens is 2. The van der Waals surface area contributed by atoms with E-state index in [0.717, 1.165) is 6.07 Å². The SMILES string of the molecule is NC(=O)c1cc([N+](=O)[O-])cc2cncnc12. The fraction of sp³-hybridized carbons (Fsp3) is 0. The number of carbonyl (C=O) groups excluding carboxylic acids is 1. The van der Waals surface area contributed by atoms with Crippen LogP contribution < -0.4 is 5.73 Å². The van der Waals surface area contributed by atoms with Crippen LogP contribution in [-0.2, 0) is 0 Å². The molecule has 2 aromatic rings. The minimum absolute atomic E-state index is 0.0200. The quantitative estimate of drug-likeness (QED) is 0.587. The lowest BCUT2D eigenvalue weighted by molar-refractivity contribution is -0.384. The number of rotatable bonds is 2. The van der Waals surface area contributed by atoms with E-state index in [1.807, 2.05) is 0 Å². The van der Waals surface area contributed by atoms with Gasteiger partial charge in [0.15, 0.2) is 0 Å². The van der Waals surface area contributed by atoms with Gasteiger partial charge in [-0.1, -0.05) is 0 Å². The van der Waals surface area contributed by atoms with Gasteiger partial charge in [-0.05, 0) is 0 Å². The van der Waals surface area contributed by atoms with Crippen LogP contribution in [0.1, 0.15) is 10.4 Å². The summed E-state index contributed by atoms with van der Waals surface area (Å²) in [5, 5.41) is 11.0. The molecule has 7 heteroatoms. The van der Waals surface area contributed by atoms with Gasteiger partial charge in [0.05, 0.1) is 16.0 Å². The Kier molecular flexibility index (Phi) is 2.20. The molecule has 0 saturated carbocycles. The average molecular weight is 218 g/mol. The van der Waals surface area contributed by atoms with Gasteiger partial charge in [-0.2, -0.15) is 0 Å². The molecule has 1 heterocycles. The Bertz CT molecular complexity index is 596. The average Bonchev–Trinajstić information content (AvgIpc) is 2.27. The van der Waals surface area contributed by atoms with Crippen LogP contribution in [-0.4, -0.2) is 20.8 Å². The number of primary amides is 1. The van der Waals surface area contributed by atoms with E-state index in [-0.39, 0.29) is 11.3 Å². The third-order valence-electron chi connectivity index (χ3n) is 2.07. The molecule has 1 amide bonds. The van der Waals surface area contributed by atoms with Crippen molar-refractivity contribution < 1.29 is 9.72 Å². The number of fused-ring (bicyclic) bond motifs is 1. The molecule has 0 bridgehead atoms. The second-order valence-corrected chi connectivity index (χ2v) is 3.08. The van der Waals surface area contributed by atoms with Gasteiger partial charge in [-0.3, -0.25) is 14.9 Å². The fourth-order valence-corrected chi connectivity index (χ4v) is 1.38. The Labute approximate surface area is 89.1 Å². The number of amides is 1. The van der Waals surface area contributed by atoms with E-state index in [4.69, 9.17) is 5.73 Å². The Morgan fingerprint density at radius 3 is 2.81 bits per heavy atom. The number of nitro benzene ring substituents is 1. The summed E-state index contributed by atoms with van der Waals surface area (Å²) in [7, 11) is 0. The van der Waals surface area contributed by atoms with E-state index in [2.05, 4.69) is 9.97 Å². The highest BCUT2D eigenvalue weighted by Crippen LogP contribution is 2.22. The van der Waals surface area contributed by atoms with Crippen molar-refractivity contribution in [3.8, 4) is 0 Å². The Morgan fingerprint density at radius 2 is 2.19 bits per heavy atom. The van der Waals surface area contributed by atoms with Gasteiger partial charge in [0.1, 0.15) is 6.33 Å². The Balaban J connectivity index is 2.84. The van der Waals surface area contributed by atoms with Crippen LogP contribution >= 0.6 is 0 Å². The molecule has 0 aliphatic rings. The highest BCUT2D eigenvalue weighted by Gasteiger charge is 2.15. The lowest BCUT2D eigenvalue weighted by Gasteiger charge is -2.01. The van der Waals surface area contributed by atoms with Gasteiger partial charge in [-0.15, -0.1) is 0 Å². The molecule has 2 rings (SSSR count). The molecular weight excluding hydrogens is 212 g/mol. The number of nitrogens with zero attached hydrogens (tertiary/aromatic N) is 3. The molecule has 0 aliphatic heterocycles. The maximum absolute atomic E-state index is 11.1. The van der Waals surface area contributed by atoms with Crippen molar-refractivity contribution in [1.82, 2.24) is 9.97 Å². The molecule has 0 aliphatic carbocycles. The van der Waals surface area contributed by atoms with Crippen LogP contribution in [0.4, 0.5) is 5.69 Å². The molecule has 0 radical (unpaired) electrons. The molecule has 0 spiro atoms. The highest BCUT2D eigenvalue weighted by molar-refractivity contribution is 6.05. The zero-order valence-electron chi connectivity index (χ0n) is 7.95. The molecular formula is C9H6N4O3. The predicted octanol–water partition coefficient (Wildman–Crippen LogP) is 0.637. The Hall–Kier alpha value is -2.57. The maximum atomic E-state index is 11.1. The van der Waals surface area contributed by atoms with Crippen molar-refractivity contribution in [2.45, 2.75) is 0 Å². The molecule has 0 unspecified atom stereocenters. The summed E-state index contributed by atoms with van der Waals surface area (Å²) in [5.74, 6) is -0.757. The molecule has 1 aromatic carbocycles. The predicted molar refractivity (Wildman–Crippen MR) is 54.7 cm³/mol. The zero-order chi connectivity index (χ0) is 11.7. The fourth-order valence-electron chi connectivity index (χ4n) is 1.38. The molecule has 0 fully saturated rings. The number of carbonyl (C=O) groups is 1. The first-order valence-electron chi connectivity index (χ1n) is 4.27. The van der Waals surface area contributed by atoms with Crippen LogP contribution in [0.2, 0.25) is 0 Å². The van der Waals surface area contributed by atoms with Gasteiger partial charge >= 0.3 is 0 Å². The van der Waals surface area contributed by atoms with Crippen molar-refractivity contribution in [3.63, 3.8) is 0 Å². The summed E-state index contributed by atoms with van der Waals surface area (Å²) in [6, 6.07) is 2.40.